The topological polar surface area (TPSA) is 71.5 Å². The summed E-state index contributed by atoms with van der Waals surface area (Å²) in [6, 6.07) is 10.8. The molecule has 1 aliphatic heterocycles. The molecule has 0 spiro atoms. The third-order valence-electron chi connectivity index (χ3n) is 4.08. The van der Waals surface area contributed by atoms with Crippen molar-refractivity contribution in [2.75, 3.05) is 31.6 Å². The second-order valence-electron chi connectivity index (χ2n) is 5.81. The van der Waals surface area contributed by atoms with Crippen molar-refractivity contribution >= 4 is 27.4 Å². The van der Waals surface area contributed by atoms with E-state index < -0.39 is 10.0 Å². The van der Waals surface area contributed by atoms with Crippen LogP contribution in [0.3, 0.4) is 0 Å². The van der Waals surface area contributed by atoms with Gasteiger partial charge in [0.15, 0.2) is 0 Å². The molecule has 8 heteroatoms. The fourth-order valence-corrected chi connectivity index (χ4v) is 4.09. The van der Waals surface area contributed by atoms with Crippen molar-refractivity contribution in [2.24, 2.45) is 0 Å². The molecule has 25 heavy (non-hydrogen) atoms. The van der Waals surface area contributed by atoms with Gasteiger partial charge in [-0.2, -0.15) is 4.31 Å². The average Bonchev–Trinajstić information content (AvgIpc) is 2.63. The highest BCUT2D eigenvalue weighted by molar-refractivity contribution is 7.89. The summed E-state index contributed by atoms with van der Waals surface area (Å²) in [6.45, 7) is 3.59. The number of aromatic nitrogens is 1. The zero-order chi connectivity index (χ0) is 17.9. The van der Waals surface area contributed by atoms with Gasteiger partial charge >= 0.3 is 0 Å². The lowest BCUT2D eigenvalue weighted by Crippen LogP contribution is -2.40. The molecule has 2 aromatic rings. The first-order valence-electron chi connectivity index (χ1n) is 8.03. The molecule has 1 aromatic carbocycles. The van der Waals surface area contributed by atoms with Gasteiger partial charge in [0.2, 0.25) is 10.0 Å². The molecule has 3 rings (SSSR count). The number of pyridine rings is 1. The van der Waals surface area contributed by atoms with Crippen molar-refractivity contribution in [1.82, 2.24) is 9.29 Å². The van der Waals surface area contributed by atoms with Gasteiger partial charge in [-0.25, -0.2) is 13.4 Å². The Morgan fingerprint density at radius 2 is 1.84 bits per heavy atom. The number of hydrogen-bond donors (Lipinski definition) is 1. The lowest BCUT2D eigenvalue weighted by atomic mass is 10.1. The molecule has 1 N–H and O–H groups in total. The summed E-state index contributed by atoms with van der Waals surface area (Å²) in [5.41, 5.74) is 1.07. The highest BCUT2D eigenvalue weighted by Gasteiger charge is 2.26. The highest BCUT2D eigenvalue weighted by Crippen LogP contribution is 2.22. The number of sulfonamides is 1. The van der Waals surface area contributed by atoms with Crippen LogP contribution in [-0.4, -0.2) is 44.0 Å². The Morgan fingerprint density at radius 3 is 2.44 bits per heavy atom. The first kappa shape index (κ1) is 18.1. The quantitative estimate of drug-likeness (QED) is 0.862. The number of morpholine rings is 1. The number of hydrogen-bond acceptors (Lipinski definition) is 5. The Morgan fingerprint density at radius 1 is 1.16 bits per heavy atom. The van der Waals surface area contributed by atoms with Crippen molar-refractivity contribution in [1.29, 1.82) is 0 Å². The number of halogens is 1. The first-order valence-corrected chi connectivity index (χ1v) is 9.84. The van der Waals surface area contributed by atoms with Gasteiger partial charge in [-0.15, -0.1) is 0 Å². The molecule has 134 valence electrons. The fraction of sp³-hybridized carbons (Fsp3) is 0.353. The maximum absolute atomic E-state index is 12.6. The van der Waals surface area contributed by atoms with Gasteiger partial charge < -0.3 is 10.1 Å². The van der Waals surface area contributed by atoms with Crippen molar-refractivity contribution in [3.8, 4) is 0 Å². The lowest BCUT2D eigenvalue weighted by Gasteiger charge is -2.26. The molecule has 1 atom stereocenters. The molecule has 0 amide bonds. The molecular weight excluding hydrogens is 362 g/mol. The molecule has 0 radical (unpaired) electrons. The normalized spacial score (nSPS) is 17.2. The van der Waals surface area contributed by atoms with Gasteiger partial charge in [0, 0.05) is 30.4 Å². The van der Waals surface area contributed by atoms with Crippen LogP contribution in [0.25, 0.3) is 0 Å². The van der Waals surface area contributed by atoms with E-state index in [0.717, 1.165) is 5.56 Å². The van der Waals surface area contributed by atoms with Gasteiger partial charge in [-0.05, 0) is 36.8 Å². The highest BCUT2D eigenvalue weighted by atomic mass is 35.5. The van der Waals surface area contributed by atoms with Crippen molar-refractivity contribution in [3.05, 3.63) is 53.2 Å². The third kappa shape index (κ3) is 4.30. The van der Waals surface area contributed by atoms with Crippen LogP contribution in [0.2, 0.25) is 5.02 Å². The number of nitrogens with one attached hydrogen (secondary N) is 1. The van der Waals surface area contributed by atoms with E-state index in [-0.39, 0.29) is 10.9 Å². The maximum atomic E-state index is 12.6. The standard InChI is InChI=1S/C17H20ClN3O3S/c1-13(14-2-4-15(18)5-3-14)20-17-7-6-16(12-19-17)25(22,23)21-8-10-24-11-9-21/h2-7,12-13H,8-11H2,1H3,(H,19,20). The van der Waals surface area contributed by atoms with E-state index in [1.165, 1.54) is 10.5 Å². The van der Waals surface area contributed by atoms with E-state index in [1.54, 1.807) is 12.1 Å². The predicted molar refractivity (Wildman–Crippen MR) is 97.3 cm³/mol. The van der Waals surface area contributed by atoms with E-state index in [0.29, 0.717) is 37.1 Å². The molecule has 2 heterocycles. The minimum atomic E-state index is -3.52. The second-order valence-corrected chi connectivity index (χ2v) is 8.19. The predicted octanol–water partition coefficient (Wildman–Crippen LogP) is 2.93. The van der Waals surface area contributed by atoms with Crippen LogP contribution in [0.15, 0.2) is 47.5 Å². The molecule has 1 aliphatic rings. The van der Waals surface area contributed by atoms with Crippen LogP contribution in [0.1, 0.15) is 18.5 Å². The van der Waals surface area contributed by atoms with E-state index in [1.807, 2.05) is 31.2 Å². The summed E-state index contributed by atoms with van der Waals surface area (Å²) >= 11 is 5.90. The van der Waals surface area contributed by atoms with Crippen molar-refractivity contribution in [2.45, 2.75) is 17.9 Å². The average molecular weight is 382 g/mol. The maximum Gasteiger partial charge on any atom is 0.244 e. The lowest BCUT2D eigenvalue weighted by molar-refractivity contribution is 0.0730. The number of rotatable bonds is 5. The third-order valence-corrected chi connectivity index (χ3v) is 6.21. The van der Waals surface area contributed by atoms with Gasteiger partial charge in [0.25, 0.3) is 0 Å². The van der Waals surface area contributed by atoms with Gasteiger partial charge in [-0.3, -0.25) is 0 Å². The summed E-state index contributed by atoms with van der Waals surface area (Å²) in [5.74, 6) is 0.614. The Balaban J connectivity index is 1.70. The van der Waals surface area contributed by atoms with Crippen LogP contribution in [0.4, 0.5) is 5.82 Å². The van der Waals surface area contributed by atoms with E-state index in [9.17, 15) is 8.42 Å². The Hall–Kier alpha value is -1.67. The second kappa shape index (κ2) is 7.70. The SMILES string of the molecule is CC(Nc1ccc(S(=O)(=O)N2CCOCC2)cn1)c1ccc(Cl)cc1. The molecule has 0 saturated carbocycles. The Bertz CT molecular complexity index is 804. The number of anilines is 1. The Labute approximate surface area is 152 Å². The van der Waals surface area contributed by atoms with E-state index in [4.69, 9.17) is 16.3 Å². The smallest absolute Gasteiger partial charge is 0.244 e. The fourth-order valence-electron chi connectivity index (χ4n) is 2.61. The largest absolute Gasteiger partial charge is 0.379 e. The number of benzene rings is 1. The monoisotopic (exact) mass is 381 g/mol. The molecule has 6 nitrogen and oxygen atoms in total. The van der Waals surface area contributed by atoms with Gasteiger partial charge in [0.05, 0.1) is 13.2 Å². The molecule has 1 aromatic heterocycles. The first-order chi connectivity index (χ1) is 12.0. The van der Waals surface area contributed by atoms with Crippen LogP contribution in [0.5, 0.6) is 0 Å². The van der Waals surface area contributed by atoms with E-state index >= 15 is 0 Å². The molecule has 0 bridgehead atoms. The summed E-state index contributed by atoms with van der Waals surface area (Å²) < 4.78 is 31.8. The molecule has 1 fully saturated rings. The molecule has 0 aliphatic carbocycles. The number of ether oxygens (including phenoxy) is 1. The van der Waals surface area contributed by atoms with Crippen LogP contribution < -0.4 is 5.32 Å². The zero-order valence-electron chi connectivity index (χ0n) is 13.9. The van der Waals surface area contributed by atoms with Crippen LogP contribution in [-0.2, 0) is 14.8 Å². The van der Waals surface area contributed by atoms with Crippen LogP contribution in [0, 0.1) is 0 Å². The minimum absolute atomic E-state index is 0.0199. The van der Waals surface area contributed by atoms with E-state index in [2.05, 4.69) is 10.3 Å². The summed E-state index contributed by atoms with van der Waals surface area (Å²) in [6.07, 6.45) is 1.39. The van der Waals surface area contributed by atoms with Crippen molar-refractivity contribution in [3.63, 3.8) is 0 Å². The molecular formula is C17H20ClN3O3S. The summed E-state index contributed by atoms with van der Waals surface area (Å²) in [4.78, 5) is 4.44. The van der Waals surface area contributed by atoms with Crippen LogP contribution >= 0.6 is 11.6 Å². The van der Waals surface area contributed by atoms with Gasteiger partial charge in [0.1, 0.15) is 10.7 Å². The molecule has 1 saturated heterocycles. The number of nitrogens with zero attached hydrogens (tertiary/aromatic N) is 2. The zero-order valence-corrected chi connectivity index (χ0v) is 15.4. The Kier molecular flexibility index (Phi) is 5.58. The minimum Gasteiger partial charge on any atom is -0.379 e. The van der Waals surface area contributed by atoms with Gasteiger partial charge in [-0.1, -0.05) is 23.7 Å². The molecule has 1 unspecified atom stereocenters. The van der Waals surface area contributed by atoms with Crippen molar-refractivity contribution < 1.29 is 13.2 Å². The summed E-state index contributed by atoms with van der Waals surface area (Å²) in [5, 5.41) is 3.94. The summed E-state index contributed by atoms with van der Waals surface area (Å²) in [7, 11) is -3.52.